The zero-order chi connectivity index (χ0) is 20.0. The highest BCUT2D eigenvalue weighted by Gasteiger charge is 2.25. The Morgan fingerprint density at radius 1 is 1.25 bits per heavy atom. The number of methoxy groups -OCH3 is 1. The van der Waals surface area contributed by atoms with Crippen LogP contribution in [0.2, 0.25) is 0 Å². The molecule has 28 heavy (non-hydrogen) atoms. The maximum Gasteiger partial charge on any atom is 0.240 e. The van der Waals surface area contributed by atoms with Gasteiger partial charge in [0, 0.05) is 31.5 Å². The number of aromatic nitrogens is 1. The number of amides is 1. The number of ether oxygens (including phenoxy) is 1. The Morgan fingerprint density at radius 3 is 2.71 bits per heavy atom. The van der Waals surface area contributed by atoms with Crippen LogP contribution in [0.15, 0.2) is 53.6 Å². The first-order chi connectivity index (χ1) is 13.5. The van der Waals surface area contributed by atoms with Gasteiger partial charge in [-0.1, -0.05) is 6.07 Å². The smallest absolute Gasteiger partial charge is 0.240 e. The molecule has 2 aromatic rings. The molecule has 1 saturated heterocycles. The fourth-order valence-electron chi connectivity index (χ4n) is 3.29. The third-order valence-corrected chi connectivity index (χ3v) is 6.30. The lowest BCUT2D eigenvalue weighted by Gasteiger charge is -2.33. The molecule has 150 valence electrons. The Hall–Kier alpha value is -2.45. The highest BCUT2D eigenvalue weighted by Crippen LogP contribution is 2.19. The van der Waals surface area contributed by atoms with E-state index in [1.165, 1.54) is 19.2 Å². The van der Waals surface area contributed by atoms with Gasteiger partial charge in [-0.15, -0.1) is 0 Å². The molecule has 1 aliphatic rings. The lowest BCUT2D eigenvalue weighted by Crippen LogP contribution is -2.44. The van der Waals surface area contributed by atoms with Crippen LogP contribution in [0.1, 0.15) is 18.5 Å². The van der Waals surface area contributed by atoms with Gasteiger partial charge in [0.05, 0.1) is 18.4 Å². The Kier molecular flexibility index (Phi) is 6.64. The average molecular weight is 404 g/mol. The number of benzene rings is 1. The predicted octanol–water partition coefficient (Wildman–Crippen LogP) is 1.85. The van der Waals surface area contributed by atoms with Gasteiger partial charge >= 0.3 is 0 Å². The van der Waals surface area contributed by atoms with E-state index in [2.05, 4.69) is 9.71 Å². The lowest BCUT2D eigenvalue weighted by atomic mass is 9.98. The van der Waals surface area contributed by atoms with Gasteiger partial charge in [-0.25, -0.2) is 13.1 Å². The van der Waals surface area contributed by atoms with Crippen LogP contribution in [-0.4, -0.2) is 51.0 Å². The van der Waals surface area contributed by atoms with Crippen molar-refractivity contribution in [3.05, 3.63) is 54.4 Å². The molecule has 1 amide bonds. The molecule has 0 bridgehead atoms. The van der Waals surface area contributed by atoms with Crippen LogP contribution in [0.3, 0.4) is 0 Å². The van der Waals surface area contributed by atoms with Crippen LogP contribution in [0, 0.1) is 5.92 Å². The van der Waals surface area contributed by atoms with E-state index in [0.717, 1.165) is 18.5 Å². The van der Waals surface area contributed by atoms with Crippen LogP contribution < -0.4 is 9.46 Å². The summed E-state index contributed by atoms with van der Waals surface area (Å²) in [5.41, 5.74) is 0.745. The summed E-state index contributed by atoms with van der Waals surface area (Å²) in [5.74, 6) is 0.726. The number of likely N-dealkylation sites (tertiary alicyclic amines) is 1. The van der Waals surface area contributed by atoms with Gasteiger partial charge in [0.1, 0.15) is 5.75 Å². The first kappa shape index (κ1) is 20.3. The molecule has 1 N–H and O–H groups in total. The summed E-state index contributed by atoms with van der Waals surface area (Å²) in [5, 5.41) is 0. The third-order valence-electron chi connectivity index (χ3n) is 4.86. The third kappa shape index (κ3) is 5.30. The number of pyridine rings is 1. The number of nitrogens with one attached hydrogen (secondary N) is 1. The van der Waals surface area contributed by atoms with Gasteiger partial charge in [0.15, 0.2) is 0 Å². The van der Waals surface area contributed by atoms with E-state index in [1.807, 2.05) is 23.1 Å². The van der Waals surface area contributed by atoms with E-state index < -0.39 is 10.0 Å². The normalized spacial score (nSPS) is 17.3. The van der Waals surface area contributed by atoms with Crippen molar-refractivity contribution < 1.29 is 17.9 Å². The van der Waals surface area contributed by atoms with Crippen LogP contribution in [0.25, 0.3) is 0 Å². The maximum atomic E-state index is 12.5. The molecule has 0 spiro atoms. The van der Waals surface area contributed by atoms with E-state index in [-0.39, 0.29) is 23.1 Å². The van der Waals surface area contributed by atoms with Crippen LogP contribution in [-0.2, 0) is 21.2 Å². The topological polar surface area (TPSA) is 88.6 Å². The minimum absolute atomic E-state index is 0.0291. The van der Waals surface area contributed by atoms with Crippen molar-refractivity contribution in [2.24, 2.45) is 5.92 Å². The van der Waals surface area contributed by atoms with Crippen LogP contribution in [0.4, 0.5) is 0 Å². The molecule has 0 saturated carbocycles. The molecule has 7 nitrogen and oxygen atoms in total. The number of rotatable bonds is 7. The predicted molar refractivity (Wildman–Crippen MR) is 105 cm³/mol. The highest BCUT2D eigenvalue weighted by molar-refractivity contribution is 7.89. The Morgan fingerprint density at radius 2 is 2.04 bits per heavy atom. The van der Waals surface area contributed by atoms with E-state index in [1.54, 1.807) is 18.3 Å². The number of carbonyl (C=O) groups excluding carboxylic acids is 1. The summed E-state index contributed by atoms with van der Waals surface area (Å²) in [6, 6.07) is 11.8. The van der Waals surface area contributed by atoms with E-state index >= 15 is 0 Å². The highest BCUT2D eigenvalue weighted by atomic mass is 32.2. The van der Waals surface area contributed by atoms with Crippen molar-refractivity contribution >= 4 is 15.9 Å². The second-order valence-electron chi connectivity index (χ2n) is 6.87. The largest absolute Gasteiger partial charge is 0.497 e. The molecular weight excluding hydrogens is 378 g/mol. The second kappa shape index (κ2) is 9.16. The number of nitrogens with zero attached hydrogens (tertiary/aromatic N) is 2. The van der Waals surface area contributed by atoms with Gasteiger partial charge < -0.3 is 9.64 Å². The summed E-state index contributed by atoms with van der Waals surface area (Å²) in [6.07, 6.45) is 3.70. The monoisotopic (exact) mass is 403 g/mol. The first-order valence-corrected chi connectivity index (χ1v) is 10.8. The average Bonchev–Trinajstić information content (AvgIpc) is 2.73. The fourth-order valence-corrected chi connectivity index (χ4v) is 4.41. The van der Waals surface area contributed by atoms with Crippen LogP contribution in [0.5, 0.6) is 5.75 Å². The molecule has 1 aromatic carbocycles. The minimum Gasteiger partial charge on any atom is -0.497 e. The Bertz CT molecular complexity index is 885. The molecule has 1 aromatic heterocycles. The molecule has 1 atom stereocenters. The Labute approximate surface area is 165 Å². The number of sulfonamides is 1. The van der Waals surface area contributed by atoms with Crippen molar-refractivity contribution in [2.75, 3.05) is 26.7 Å². The summed E-state index contributed by atoms with van der Waals surface area (Å²) in [4.78, 5) is 18.7. The van der Waals surface area contributed by atoms with Gasteiger partial charge in [-0.05, 0) is 55.2 Å². The molecular formula is C20H25N3O4S. The molecule has 0 unspecified atom stereocenters. The van der Waals surface area contributed by atoms with Gasteiger partial charge in [-0.2, -0.15) is 0 Å². The van der Waals surface area contributed by atoms with Gasteiger partial charge in [-0.3, -0.25) is 9.78 Å². The molecule has 3 rings (SSSR count). The van der Waals surface area contributed by atoms with Gasteiger partial charge in [0.2, 0.25) is 15.9 Å². The summed E-state index contributed by atoms with van der Waals surface area (Å²) in [7, 11) is -2.06. The number of carbonyl (C=O) groups is 1. The second-order valence-corrected chi connectivity index (χ2v) is 8.64. The van der Waals surface area contributed by atoms with E-state index in [9.17, 15) is 13.2 Å². The standard InChI is InChI=1S/C20H25N3O4S/c1-27-18-7-9-19(10-8-18)28(25,26)22-14-16-5-4-12-23(15-16)20(24)13-17-6-2-3-11-21-17/h2-3,6-11,16,22H,4-5,12-15H2,1H3/t16-/m1/s1. The van der Waals surface area contributed by atoms with Crippen molar-refractivity contribution in [3.8, 4) is 5.75 Å². The summed E-state index contributed by atoms with van der Waals surface area (Å²) < 4.78 is 32.7. The number of piperidine rings is 1. The van der Waals surface area contributed by atoms with Crippen molar-refractivity contribution in [2.45, 2.75) is 24.2 Å². The minimum atomic E-state index is -3.59. The first-order valence-electron chi connectivity index (χ1n) is 9.29. The SMILES string of the molecule is COc1ccc(S(=O)(=O)NC[C@H]2CCCN(C(=O)Cc3ccccn3)C2)cc1. The molecule has 1 aliphatic heterocycles. The summed E-state index contributed by atoms with van der Waals surface area (Å²) >= 11 is 0. The maximum absolute atomic E-state index is 12.5. The van der Waals surface area contributed by atoms with E-state index in [4.69, 9.17) is 4.74 Å². The van der Waals surface area contributed by atoms with Crippen LogP contribution >= 0.6 is 0 Å². The van der Waals surface area contributed by atoms with Crippen molar-refractivity contribution in [3.63, 3.8) is 0 Å². The zero-order valence-corrected chi connectivity index (χ0v) is 16.7. The molecule has 1 fully saturated rings. The number of hydrogen-bond acceptors (Lipinski definition) is 5. The zero-order valence-electron chi connectivity index (χ0n) is 15.9. The molecule has 2 heterocycles. The fraction of sp³-hybridized carbons (Fsp3) is 0.400. The molecule has 0 radical (unpaired) electrons. The quantitative estimate of drug-likeness (QED) is 0.762. The number of hydrogen-bond donors (Lipinski definition) is 1. The van der Waals surface area contributed by atoms with Crippen molar-refractivity contribution in [1.82, 2.24) is 14.6 Å². The Balaban J connectivity index is 1.54. The summed E-state index contributed by atoms with van der Waals surface area (Å²) in [6.45, 7) is 1.56. The van der Waals surface area contributed by atoms with Gasteiger partial charge in [0.25, 0.3) is 0 Å². The molecule has 0 aliphatic carbocycles. The van der Waals surface area contributed by atoms with E-state index in [0.29, 0.717) is 25.4 Å². The van der Waals surface area contributed by atoms with Crippen molar-refractivity contribution in [1.29, 1.82) is 0 Å². The lowest BCUT2D eigenvalue weighted by molar-refractivity contribution is -0.132. The molecule has 8 heteroatoms.